The average molecular weight is 150 g/mol. The lowest BCUT2D eigenvalue weighted by molar-refractivity contribution is 0.761. The molecule has 0 atom stereocenters. The molecule has 0 saturated heterocycles. The van der Waals surface area contributed by atoms with E-state index in [2.05, 4.69) is 25.9 Å². The van der Waals surface area contributed by atoms with Crippen molar-refractivity contribution >= 4 is 12.4 Å². The minimum Gasteiger partial charge on any atom is -0.313 e. The maximum Gasteiger partial charge on any atom is 0.188 e. The molecule has 0 bridgehead atoms. The fourth-order valence-electron chi connectivity index (χ4n) is 0.416. The zero-order valence-corrected chi connectivity index (χ0v) is 5.77. The number of rotatable bonds is 2. The van der Waals surface area contributed by atoms with Crippen molar-refractivity contribution in [3.63, 3.8) is 0 Å². The molecule has 0 spiro atoms. The molecule has 0 saturated carbocycles. The van der Waals surface area contributed by atoms with Gasteiger partial charge in [-0.3, -0.25) is 0 Å². The van der Waals surface area contributed by atoms with Crippen LogP contribution in [0, 0.1) is 0 Å². The molecule has 0 unspecified atom stereocenters. The quantitative estimate of drug-likeness (QED) is 0.586. The molecule has 0 aliphatic heterocycles. The number of aromatic amines is 1. The molecule has 1 aromatic rings. The van der Waals surface area contributed by atoms with Crippen LogP contribution in [-0.2, 0) is 6.54 Å². The second-order valence-electron chi connectivity index (χ2n) is 1.36. The molecule has 1 heterocycles. The third-order valence-corrected chi connectivity index (χ3v) is 0.724. The van der Waals surface area contributed by atoms with Gasteiger partial charge in [-0.05, 0) is 7.05 Å². The number of H-pyrrole nitrogens is 1. The van der Waals surface area contributed by atoms with Crippen LogP contribution < -0.4 is 5.32 Å². The van der Waals surface area contributed by atoms with Crippen LogP contribution in [-0.4, -0.2) is 27.7 Å². The lowest BCUT2D eigenvalue weighted by Crippen LogP contribution is -2.06. The summed E-state index contributed by atoms with van der Waals surface area (Å²) in [5, 5.41) is 16.0. The molecule has 9 heavy (non-hydrogen) atoms. The Morgan fingerprint density at radius 3 is 2.89 bits per heavy atom. The van der Waals surface area contributed by atoms with Gasteiger partial charge in [0.1, 0.15) is 0 Å². The van der Waals surface area contributed by atoms with Crippen molar-refractivity contribution < 1.29 is 0 Å². The predicted molar refractivity (Wildman–Crippen MR) is 34.2 cm³/mol. The van der Waals surface area contributed by atoms with Gasteiger partial charge in [0.05, 0.1) is 6.54 Å². The predicted octanol–water partition coefficient (Wildman–Crippen LogP) is -0.659. The first-order valence-corrected chi connectivity index (χ1v) is 2.30. The Bertz CT molecular complexity index is 138. The Labute approximate surface area is 58.6 Å². The summed E-state index contributed by atoms with van der Waals surface area (Å²) in [6.07, 6.45) is 0. The minimum atomic E-state index is 0. The van der Waals surface area contributed by atoms with Crippen LogP contribution in [0.2, 0.25) is 0 Å². The Kier molecular flexibility index (Phi) is 3.90. The average Bonchev–Trinajstić information content (AvgIpc) is 2.19. The van der Waals surface area contributed by atoms with Gasteiger partial charge in [-0.1, -0.05) is 5.21 Å². The van der Waals surface area contributed by atoms with Gasteiger partial charge in [-0.15, -0.1) is 22.6 Å². The number of halogens is 1. The van der Waals surface area contributed by atoms with E-state index >= 15 is 0 Å². The third kappa shape index (κ3) is 2.39. The topological polar surface area (TPSA) is 66.5 Å². The maximum absolute atomic E-state index is 3.70. The summed E-state index contributed by atoms with van der Waals surface area (Å²) < 4.78 is 0. The fourth-order valence-corrected chi connectivity index (χ4v) is 0.416. The number of tetrazole rings is 1. The maximum atomic E-state index is 3.70. The molecule has 6 heteroatoms. The van der Waals surface area contributed by atoms with Crippen molar-refractivity contribution in [3.8, 4) is 0 Å². The number of hydrogen-bond donors (Lipinski definition) is 2. The highest BCUT2D eigenvalue weighted by atomic mass is 35.5. The molecule has 52 valence electrons. The molecule has 0 fully saturated rings. The molecule has 0 radical (unpaired) electrons. The molecule has 0 aliphatic rings. The Morgan fingerprint density at radius 2 is 2.44 bits per heavy atom. The van der Waals surface area contributed by atoms with Crippen molar-refractivity contribution in [2.45, 2.75) is 6.54 Å². The van der Waals surface area contributed by atoms with Gasteiger partial charge in [0.2, 0.25) is 0 Å². The molecule has 0 aromatic carbocycles. The van der Waals surface area contributed by atoms with E-state index in [9.17, 15) is 0 Å². The first-order chi connectivity index (χ1) is 3.93. The van der Waals surface area contributed by atoms with Crippen molar-refractivity contribution in [3.05, 3.63) is 5.82 Å². The first kappa shape index (κ1) is 8.32. The van der Waals surface area contributed by atoms with Crippen LogP contribution in [0.1, 0.15) is 5.82 Å². The number of hydrogen-bond acceptors (Lipinski definition) is 4. The fraction of sp³-hybridized carbons (Fsp3) is 0.667. The zero-order valence-electron chi connectivity index (χ0n) is 4.96. The van der Waals surface area contributed by atoms with Crippen LogP contribution in [0.25, 0.3) is 0 Å². The summed E-state index contributed by atoms with van der Waals surface area (Å²) in [6.45, 7) is 0.663. The lowest BCUT2D eigenvalue weighted by atomic mass is 10.6. The summed E-state index contributed by atoms with van der Waals surface area (Å²) in [4.78, 5) is 0. The van der Waals surface area contributed by atoms with Crippen LogP contribution in [0.5, 0.6) is 0 Å². The van der Waals surface area contributed by atoms with E-state index in [1.54, 1.807) is 0 Å². The Morgan fingerprint density at radius 1 is 1.67 bits per heavy atom. The van der Waals surface area contributed by atoms with E-state index in [1.165, 1.54) is 0 Å². The smallest absolute Gasteiger partial charge is 0.188 e. The van der Waals surface area contributed by atoms with E-state index in [1.807, 2.05) is 7.05 Å². The van der Waals surface area contributed by atoms with E-state index in [0.29, 0.717) is 12.4 Å². The van der Waals surface area contributed by atoms with Crippen molar-refractivity contribution in [1.82, 2.24) is 25.9 Å². The summed E-state index contributed by atoms with van der Waals surface area (Å²) in [7, 11) is 1.83. The van der Waals surface area contributed by atoms with Crippen molar-refractivity contribution in [2.24, 2.45) is 0 Å². The Balaban J connectivity index is 0.000000640. The monoisotopic (exact) mass is 149 g/mol. The van der Waals surface area contributed by atoms with Gasteiger partial charge in [-0.25, -0.2) is 0 Å². The molecular weight excluding hydrogens is 142 g/mol. The van der Waals surface area contributed by atoms with Crippen LogP contribution in [0.15, 0.2) is 0 Å². The number of aromatic nitrogens is 4. The molecular formula is C3H8ClN5. The second kappa shape index (κ2) is 4.22. The zero-order chi connectivity index (χ0) is 5.82. The molecule has 0 amide bonds. The van der Waals surface area contributed by atoms with E-state index < -0.39 is 0 Å². The van der Waals surface area contributed by atoms with Crippen molar-refractivity contribution in [2.75, 3.05) is 7.05 Å². The third-order valence-electron chi connectivity index (χ3n) is 0.724. The second-order valence-corrected chi connectivity index (χ2v) is 1.36. The SMILES string of the molecule is CNCc1nn[nH]n1.Cl. The van der Waals surface area contributed by atoms with Crippen LogP contribution in [0.3, 0.4) is 0 Å². The molecule has 1 aromatic heterocycles. The summed E-state index contributed by atoms with van der Waals surface area (Å²) in [6, 6.07) is 0. The number of nitrogens with one attached hydrogen (secondary N) is 2. The van der Waals surface area contributed by atoms with Gasteiger partial charge >= 0.3 is 0 Å². The van der Waals surface area contributed by atoms with Gasteiger partial charge in [0.25, 0.3) is 0 Å². The highest BCUT2D eigenvalue weighted by Gasteiger charge is 1.90. The van der Waals surface area contributed by atoms with Crippen LogP contribution in [0.4, 0.5) is 0 Å². The van der Waals surface area contributed by atoms with E-state index in [4.69, 9.17) is 0 Å². The van der Waals surface area contributed by atoms with Gasteiger partial charge in [0.15, 0.2) is 5.82 Å². The summed E-state index contributed by atoms with van der Waals surface area (Å²) in [5.41, 5.74) is 0. The minimum absolute atomic E-state index is 0. The standard InChI is InChI=1S/C3H7N5.ClH/c1-4-2-3-5-7-8-6-3;/h4H,2H2,1H3,(H,5,6,7,8);1H. The van der Waals surface area contributed by atoms with Crippen LogP contribution >= 0.6 is 12.4 Å². The summed E-state index contributed by atoms with van der Waals surface area (Å²) >= 11 is 0. The Hall–Kier alpha value is -0.680. The van der Waals surface area contributed by atoms with Gasteiger partial charge in [-0.2, -0.15) is 5.21 Å². The molecule has 0 aliphatic carbocycles. The number of nitrogens with zero attached hydrogens (tertiary/aromatic N) is 3. The largest absolute Gasteiger partial charge is 0.313 e. The molecule has 1 rings (SSSR count). The first-order valence-electron chi connectivity index (χ1n) is 2.30. The van der Waals surface area contributed by atoms with E-state index in [-0.39, 0.29) is 12.4 Å². The summed E-state index contributed by atoms with van der Waals surface area (Å²) in [5.74, 6) is 0.688. The highest BCUT2D eigenvalue weighted by molar-refractivity contribution is 5.85. The lowest BCUT2D eigenvalue weighted by Gasteiger charge is -1.85. The van der Waals surface area contributed by atoms with E-state index in [0.717, 1.165) is 0 Å². The normalized spacial score (nSPS) is 8.56. The molecule has 2 N–H and O–H groups in total. The van der Waals surface area contributed by atoms with Crippen molar-refractivity contribution in [1.29, 1.82) is 0 Å². The highest BCUT2D eigenvalue weighted by Crippen LogP contribution is 1.76. The van der Waals surface area contributed by atoms with Gasteiger partial charge < -0.3 is 5.32 Å². The van der Waals surface area contributed by atoms with Gasteiger partial charge in [0, 0.05) is 0 Å². The molecule has 5 nitrogen and oxygen atoms in total.